The van der Waals surface area contributed by atoms with E-state index in [0.29, 0.717) is 19.6 Å². The second kappa shape index (κ2) is 38.2. The van der Waals surface area contributed by atoms with Gasteiger partial charge in [0.05, 0.1) is 17.6 Å². The number of aliphatic hydroxyl groups excluding tert-OH is 1. The zero-order chi connectivity index (χ0) is 74.0. The lowest BCUT2D eigenvalue weighted by molar-refractivity contribution is -0.157. The molecule has 2 aliphatic heterocycles. The van der Waals surface area contributed by atoms with Crippen molar-refractivity contribution in [1.82, 2.24) is 60.0 Å². The van der Waals surface area contributed by atoms with Crippen LogP contribution in [0.4, 0.5) is 0 Å². The Morgan fingerprint density at radius 1 is 0.531 bits per heavy atom. The van der Waals surface area contributed by atoms with Crippen LogP contribution in [0, 0.1) is 35.5 Å². The maximum Gasteiger partial charge on any atom is 0.246 e. The van der Waals surface area contributed by atoms with E-state index < -0.39 is 177 Å². The molecule has 0 radical (unpaired) electrons. The molecule has 0 spiro atoms. The molecule has 14 atom stereocenters. The van der Waals surface area contributed by atoms with Crippen molar-refractivity contribution in [2.24, 2.45) is 35.5 Å². The van der Waals surface area contributed by atoms with Crippen LogP contribution < -0.4 is 16.0 Å². The number of allylic oxidation sites excluding steroid dienone is 2. The van der Waals surface area contributed by atoms with Gasteiger partial charge in [-0.2, -0.15) is 0 Å². The van der Waals surface area contributed by atoms with Gasteiger partial charge in [0.2, 0.25) is 65.0 Å². The first-order chi connectivity index (χ1) is 44.4. The summed E-state index contributed by atoms with van der Waals surface area (Å²) in [6.07, 6.45) is 2.58. The van der Waals surface area contributed by atoms with Gasteiger partial charge in [0.15, 0.2) is 9.84 Å². The van der Waals surface area contributed by atoms with Crippen LogP contribution in [-0.4, -0.2) is 282 Å². The minimum absolute atomic E-state index is 0.00185. The molecular weight excluding hydrogens is 1250 g/mol. The molecule has 2 fully saturated rings. The molecule has 2 heterocycles. The molecule has 1 unspecified atom stereocenters. The Balaban J connectivity index is 3.15. The monoisotopic (exact) mass is 1380 g/mol. The molecule has 0 aromatic carbocycles. The molecule has 2 rings (SSSR count). The minimum atomic E-state index is -4.19. The highest BCUT2D eigenvalue weighted by molar-refractivity contribution is 7.91. The fourth-order valence-corrected chi connectivity index (χ4v) is 14.6. The fraction of sp³-hybridized carbons (Fsp3) is 0.812. The summed E-state index contributed by atoms with van der Waals surface area (Å²) in [6.45, 7) is 33.2. The van der Waals surface area contributed by atoms with Gasteiger partial charge in [-0.05, 0) is 128 Å². The molecule has 11 amide bonds. The Hall–Kier alpha value is -6.22. The van der Waals surface area contributed by atoms with Crippen molar-refractivity contribution in [3.8, 4) is 0 Å². The molecule has 4 N–H and O–H groups in total. The van der Waals surface area contributed by atoms with Gasteiger partial charge in [0.1, 0.15) is 66.5 Å². The highest BCUT2D eigenvalue weighted by Gasteiger charge is 2.49. The summed E-state index contributed by atoms with van der Waals surface area (Å²) in [4.78, 5) is 176. The van der Waals surface area contributed by atoms with Crippen molar-refractivity contribution < 1.29 is 66.3 Å². The molecular formula is C69H124N12O14S. The molecule has 0 aliphatic carbocycles. The van der Waals surface area contributed by atoms with E-state index in [1.165, 1.54) is 87.7 Å². The summed E-state index contributed by atoms with van der Waals surface area (Å²) in [7, 11) is 5.39. The van der Waals surface area contributed by atoms with Crippen molar-refractivity contribution >= 4 is 74.8 Å². The standard InChI is InChI=1S/C69H124N12O14S/c1-26-30-32-45(15)58(82)57-61(85)71-49(27-2)63(87)77(23)54(39-96(94,95)34-31-33-80(28-3)29-4)66(90)73(19)50(35-40(5)6)60(84)72-55(43(11)12)68(92)76(22)53-38-46(16)81(67(53)91)48(18)59(83)70-47(17)62(86)74(20)51(36-41(7)8)64(88)75(21)52(37-42(9)10)65(89)78(24)56(44(13)14)69(93)79(57)25/h26,30,40-58,82H,27-29,31-39H2,1-25H3,(H,70,83)(H,71,85)(H,72,84)/b30-26+/t45-,46?,47+,48-,49-,50+,51-,52-,53-,54-,55-,56-,57-,58-/m1/s1. The summed E-state index contributed by atoms with van der Waals surface area (Å²) in [5, 5.41) is 20.6. The van der Waals surface area contributed by atoms with Crippen LogP contribution >= 0.6 is 0 Å². The van der Waals surface area contributed by atoms with E-state index in [4.69, 9.17) is 0 Å². The van der Waals surface area contributed by atoms with E-state index in [1.54, 1.807) is 81.4 Å². The summed E-state index contributed by atoms with van der Waals surface area (Å²) < 4.78 is 28.8. The summed E-state index contributed by atoms with van der Waals surface area (Å²) in [5.41, 5.74) is 0. The predicted octanol–water partition coefficient (Wildman–Crippen LogP) is 3.24. The van der Waals surface area contributed by atoms with E-state index in [-0.39, 0.29) is 68.5 Å². The Bertz CT molecular complexity index is 2810. The predicted molar refractivity (Wildman–Crippen MR) is 372 cm³/mol. The van der Waals surface area contributed by atoms with Gasteiger partial charge in [-0.1, -0.05) is 109 Å². The number of amides is 11. The van der Waals surface area contributed by atoms with E-state index in [2.05, 4.69) is 16.0 Å². The van der Waals surface area contributed by atoms with Crippen molar-refractivity contribution in [1.29, 1.82) is 0 Å². The Labute approximate surface area is 575 Å². The van der Waals surface area contributed by atoms with E-state index >= 15 is 28.8 Å². The van der Waals surface area contributed by atoms with Crippen molar-refractivity contribution in [2.75, 3.05) is 80.5 Å². The highest BCUT2D eigenvalue weighted by Crippen LogP contribution is 2.29. The van der Waals surface area contributed by atoms with Crippen LogP contribution in [0.15, 0.2) is 12.2 Å². The van der Waals surface area contributed by atoms with E-state index in [9.17, 15) is 37.5 Å². The van der Waals surface area contributed by atoms with Gasteiger partial charge in [-0.3, -0.25) is 52.7 Å². The van der Waals surface area contributed by atoms with Gasteiger partial charge in [-0.25, -0.2) is 8.42 Å². The van der Waals surface area contributed by atoms with Crippen LogP contribution in [0.25, 0.3) is 0 Å². The number of carbonyl (C=O) groups is 11. The van der Waals surface area contributed by atoms with Gasteiger partial charge in [-0.15, -0.1) is 0 Å². The second-order valence-corrected chi connectivity index (χ2v) is 31.2. The molecule has 2 saturated heterocycles. The van der Waals surface area contributed by atoms with Crippen molar-refractivity contribution in [2.45, 2.75) is 248 Å². The number of sulfone groups is 1. The highest BCUT2D eigenvalue weighted by atomic mass is 32.2. The smallest absolute Gasteiger partial charge is 0.246 e. The molecule has 2 aliphatic rings. The normalized spacial score (nSPS) is 27.5. The number of aliphatic hydroxyl groups is 1. The molecule has 0 saturated carbocycles. The largest absolute Gasteiger partial charge is 0.390 e. The first-order valence-electron chi connectivity index (χ1n) is 34.7. The zero-order valence-electron chi connectivity index (χ0n) is 62.8. The second-order valence-electron chi connectivity index (χ2n) is 28.9. The average molecular weight is 1380 g/mol. The van der Waals surface area contributed by atoms with Crippen molar-refractivity contribution in [3.05, 3.63) is 12.2 Å². The number of carbonyl (C=O) groups excluding carboxylic acids is 11. The van der Waals surface area contributed by atoms with Crippen LogP contribution in [0.2, 0.25) is 0 Å². The minimum Gasteiger partial charge on any atom is -0.390 e. The number of nitrogens with one attached hydrogen (secondary N) is 3. The zero-order valence-corrected chi connectivity index (χ0v) is 63.6. The Morgan fingerprint density at radius 2 is 1.00 bits per heavy atom. The summed E-state index contributed by atoms with van der Waals surface area (Å²) >= 11 is 0. The van der Waals surface area contributed by atoms with Gasteiger partial charge >= 0.3 is 0 Å². The van der Waals surface area contributed by atoms with Gasteiger partial charge in [0, 0.05) is 55.4 Å². The van der Waals surface area contributed by atoms with Crippen LogP contribution in [0.5, 0.6) is 0 Å². The first kappa shape index (κ1) is 85.9. The summed E-state index contributed by atoms with van der Waals surface area (Å²) in [5.74, 6) is -12.1. The lowest BCUT2D eigenvalue weighted by Gasteiger charge is -2.41. The van der Waals surface area contributed by atoms with Crippen LogP contribution in [0.3, 0.4) is 0 Å². The number of hydrogen-bond donors (Lipinski definition) is 4. The lowest BCUT2D eigenvalue weighted by atomic mass is 9.91. The number of hydrogen-bond acceptors (Lipinski definition) is 15. The first-order valence-corrected chi connectivity index (χ1v) is 36.6. The third kappa shape index (κ3) is 22.4. The molecule has 26 nitrogen and oxygen atoms in total. The number of fused-ring (bicyclic) bond motifs is 2. The quantitative estimate of drug-likeness (QED) is 0.120. The van der Waals surface area contributed by atoms with E-state index in [0.717, 1.165) is 14.7 Å². The molecule has 2 bridgehead atoms. The van der Waals surface area contributed by atoms with Crippen LogP contribution in [0.1, 0.15) is 170 Å². The Morgan fingerprint density at radius 3 is 1.48 bits per heavy atom. The van der Waals surface area contributed by atoms with E-state index in [1.807, 2.05) is 46.4 Å². The van der Waals surface area contributed by atoms with Crippen LogP contribution in [-0.2, 0) is 62.6 Å². The molecule has 0 aromatic rings. The molecule has 0 aromatic heterocycles. The molecule has 550 valence electrons. The molecule has 96 heavy (non-hydrogen) atoms. The summed E-state index contributed by atoms with van der Waals surface area (Å²) in [6, 6.07) is -15.5. The maximum atomic E-state index is 15.4. The third-order valence-electron chi connectivity index (χ3n) is 19.2. The number of likely N-dealkylation sites (N-methyl/N-ethyl adjacent to an activating group) is 7. The SMILES string of the molecule is C/C=C/C[C@@H](C)[C@@H](O)[C@@H]1C(=O)N[C@H](CC)C(=O)N(C)[C@H](CS(=O)(=O)CCCN(CC)CC)C(=O)N(C)[C@@H](CC(C)C)C(=O)N[C@H](C(C)C)C(=O)N(C)[C@@H]2CC(C)N(C2=O)[C@H](C)C(=O)N[C@@H](C)C(=O)N(C)[C@H](CC(C)C)C(=O)N(C)[C@H](CC(C)C)C(=O)N(C)[C@H](C(C)C)C(=O)N1C. The number of rotatable bonds is 21. The third-order valence-corrected chi connectivity index (χ3v) is 21.0. The number of nitrogens with zero attached hydrogens (tertiary/aromatic N) is 9. The maximum absolute atomic E-state index is 15.4. The fourth-order valence-electron chi connectivity index (χ4n) is 13.0. The van der Waals surface area contributed by atoms with Gasteiger partial charge in [0.25, 0.3) is 0 Å². The van der Waals surface area contributed by atoms with Gasteiger partial charge < -0.3 is 65.2 Å². The Kier molecular flexibility index (Phi) is 34.2. The topological polar surface area (TPSA) is 307 Å². The lowest BCUT2D eigenvalue weighted by Crippen LogP contribution is -2.64. The van der Waals surface area contributed by atoms with Crippen molar-refractivity contribution in [3.63, 3.8) is 0 Å². The average Bonchev–Trinajstić information content (AvgIpc) is 1.17. The molecule has 27 heteroatoms.